The molecule has 0 aliphatic carbocycles. The van der Waals surface area contributed by atoms with Crippen LogP contribution in [0.2, 0.25) is 0 Å². The second kappa shape index (κ2) is 9.97. The molecule has 3 aromatic rings. The Morgan fingerprint density at radius 2 is 1.62 bits per heavy atom. The van der Waals surface area contributed by atoms with Crippen LogP contribution in [0, 0.1) is 0 Å². The SMILES string of the molecule is COc1ccc(-c2cc(=[NH+]CCO)c3ccccc3o2)cc1OC.F[B-](F)(F)F. The highest BCUT2D eigenvalue weighted by atomic mass is 19.5. The molecule has 2 aromatic carbocycles. The van der Waals surface area contributed by atoms with Gasteiger partial charge in [0.2, 0.25) is 5.36 Å². The van der Waals surface area contributed by atoms with Gasteiger partial charge in [0.15, 0.2) is 18.0 Å². The van der Waals surface area contributed by atoms with E-state index in [1.54, 1.807) is 14.2 Å². The lowest BCUT2D eigenvalue weighted by molar-refractivity contribution is -0.501. The van der Waals surface area contributed by atoms with Crippen LogP contribution in [0.15, 0.2) is 52.9 Å². The average Bonchev–Trinajstić information content (AvgIpc) is 2.70. The van der Waals surface area contributed by atoms with Crippen molar-refractivity contribution in [2.45, 2.75) is 0 Å². The minimum atomic E-state index is -6.00. The third kappa shape index (κ3) is 6.53. The Balaban J connectivity index is 0.000000537. The van der Waals surface area contributed by atoms with E-state index in [1.807, 2.05) is 48.5 Å². The van der Waals surface area contributed by atoms with Gasteiger partial charge >= 0.3 is 7.25 Å². The number of nitrogens with one attached hydrogen (secondary N) is 1. The normalized spacial score (nSPS) is 11.8. The summed E-state index contributed by atoms with van der Waals surface area (Å²) in [6.45, 7) is 0.533. The zero-order valence-corrected chi connectivity index (χ0v) is 15.8. The number of halogens is 4. The van der Waals surface area contributed by atoms with E-state index in [-0.39, 0.29) is 6.61 Å². The van der Waals surface area contributed by atoms with Crippen molar-refractivity contribution in [3.63, 3.8) is 0 Å². The van der Waals surface area contributed by atoms with E-state index in [1.165, 1.54) is 0 Å². The molecule has 2 N–H and O–H groups in total. The van der Waals surface area contributed by atoms with Gasteiger partial charge in [-0.2, -0.15) is 0 Å². The minimum absolute atomic E-state index is 0.0616. The molecule has 1 heterocycles. The van der Waals surface area contributed by atoms with Crippen LogP contribution in [0.25, 0.3) is 22.3 Å². The molecule has 0 amide bonds. The van der Waals surface area contributed by atoms with Crippen LogP contribution in [-0.2, 0) is 0 Å². The first-order valence-electron chi connectivity index (χ1n) is 8.57. The quantitative estimate of drug-likeness (QED) is 0.498. The Labute approximate surface area is 164 Å². The molecule has 0 spiro atoms. The van der Waals surface area contributed by atoms with Crippen LogP contribution in [0.1, 0.15) is 0 Å². The monoisotopic (exact) mass is 413 g/mol. The fraction of sp³-hybridized carbons (Fsp3) is 0.211. The molecule has 5 nitrogen and oxygen atoms in total. The first kappa shape index (κ1) is 22.3. The molecule has 3 rings (SSSR count). The maximum absolute atomic E-state index is 9.75. The van der Waals surface area contributed by atoms with Crippen LogP contribution >= 0.6 is 0 Å². The van der Waals surface area contributed by atoms with E-state index in [0.717, 1.165) is 21.9 Å². The standard InChI is InChI=1S/C19H19NO4.BF4/c1-22-17-8-7-13(11-19(17)23-2)18-12-15(20-9-10-21)14-5-3-4-6-16(14)24-18;2-1(3,4)5/h3-8,11-12,21H,9-10H2,1-2H3;/q;-1/p+1. The number of aliphatic hydroxyl groups excluding tert-OH is 1. The number of methoxy groups -OCH3 is 2. The van der Waals surface area contributed by atoms with Gasteiger partial charge in [0.1, 0.15) is 18.0 Å². The summed E-state index contributed by atoms with van der Waals surface area (Å²) in [5.41, 5.74) is 1.65. The third-order valence-corrected chi connectivity index (χ3v) is 3.77. The molecule has 0 unspecified atom stereocenters. The van der Waals surface area contributed by atoms with E-state index < -0.39 is 7.25 Å². The maximum Gasteiger partial charge on any atom is 0.673 e. The topological polar surface area (TPSA) is 65.8 Å². The van der Waals surface area contributed by atoms with Crippen LogP contribution in [0.5, 0.6) is 11.5 Å². The average molecular weight is 413 g/mol. The number of benzene rings is 2. The molecular formula is C19H20BF4NO4. The second-order valence-corrected chi connectivity index (χ2v) is 5.74. The molecule has 29 heavy (non-hydrogen) atoms. The summed E-state index contributed by atoms with van der Waals surface area (Å²) in [6.07, 6.45) is 0. The molecule has 0 bridgehead atoms. The van der Waals surface area contributed by atoms with Crippen molar-refractivity contribution in [3.05, 3.63) is 53.9 Å². The first-order valence-corrected chi connectivity index (χ1v) is 8.57. The Morgan fingerprint density at radius 1 is 0.966 bits per heavy atom. The van der Waals surface area contributed by atoms with Gasteiger partial charge in [0.25, 0.3) is 0 Å². The lowest BCUT2D eigenvalue weighted by atomic mass is 10.1. The van der Waals surface area contributed by atoms with E-state index in [4.69, 9.17) is 19.0 Å². The van der Waals surface area contributed by atoms with Gasteiger partial charge in [0.05, 0.1) is 25.7 Å². The van der Waals surface area contributed by atoms with E-state index in [2.05, 4.69) is 4.99 Å². The summed E-state index contributed by atoms with van der Waals surface area (Å²) < 4.78 is 55.7. The molecule has 0 atom stereocenters. The fourth-order valence-corrected chi connectivity index (χ4v) is 2.60. The molecular weight excluding hydrogens is 393 g/mol. The second-order valence-electron chi connectivity index (χ2n) is 5.74. The number of para-hydroxylation sites is 1. The lowest BCUT2D eigenvalue weighted by Gasteiger charge is -2.09. The first-order chi connectivity index (χ1) is 13.8. The predicted molar refractivity (Wildman–Crippen MR) is 101 cm³/mol. The fourth-order valence-electron chi connectivity index (χ4n) is 2.60. The van der Waals surface area contributed by atoms with Gasteiger partial charge in [-0.3, -0.25) is 0 Å². The Kier molecular flexibility index (Phi) is 7.66. The molecule has 0 aliphatic heterocycles. The Hall–Kier alpha value is -3.01. The predicted octanol–water partition coefficient (Wildman–Crippen LogP) is 2.39. The molecule has 10 heteroatoms. The van der Waals surface area contributed by atoms with Crippen LogP contribution in [-0.4, -0.2) is 39.7 Å². The van der Waals surface area contributed by atoms with Crippen molar-refractivity contribution in [3.8, 4) is 22.8 Å². The van der Waals surface area contributed by atoms with Crippen LogP contribution < -0.4 is 19.8 Å². The smallest absolute Gasteiger partial charge is 0.493 e. The lowest BCUT2D eigenvalue weighted by Crippen LogP contribution is -2.77. The summed E-state index contributed by atoms with van der Waals surface area (Å²) in [7, 11) is -2.79. The van der Waals surface area contributed by atoms with Gasteiger partial charge in [-0.25, -0.2) is 4.99 Å². The molecule has 156 valence electrons. The highest BCUT2D eigenvalue weighted by molar-refractivity contribution is 6.50. The van der Waals surface area contributed by atoms with Crippen molar-refractivity contribution in [1.29, 1.82) is 0 Å². The Morgan fingerprint density at radius 3 is 2.24 bits per heavy atom. The van der Waals surface area contributed by atoms with Gasteiger partial charge in [-0.1, -0.05) is 12.1 Å². The molecule has 0 aliphatic rings. The van der Waals surface area contributed by atoms with Crippen molar-refractivity contribution in [1.82, 2.24) is 0 Å². The molecule has 0 fully saturated rings. The van der Waals surface area contributed by atoms with Gasteiger partial charge < -0.3 is 36.3 Å². The molecule has 0 radical (unpaired) electrons. The van der Waals surface area contributed by atoms with Gasteiger partial charge in [-0.15, -0.1) is 0 Å². The number of fused-ring (bicyclic) bond motifs is 1. The minimum Gasteiger partial charge on any atom is -0.493 e. The number of hydrogen-bond donors (Lipinski definition) is 2. The number of ether oxygens (including phenoxy) is 2. The largest absolute Gasteiger partial charge is 0.673 e. The van der Waals surface area contributed by atoms with E-state index in [9.17, 15) is 17.3 Å². The van der Waals surface area contributed by atoms with Crippen molar-refractivity contribution >= 4 is 18.2 Å². The summed E-state index contributed by atoms with van der Waals surface area (Å²) in [5.74, 6) is 2.01. The summed E-state index contributed by atoms with van der Waals surface area (Å²) in [5, 5.41) is 11.0. The van der Waals surface area contributed by atoms with Gasteiger partial charge in [-0.05, 0) is 30.3 Å². The van der Waals surface area contributed by atoms with Crippen LogP contribution in [0.4, 0.5) is 17.3 Å². The number of aliphatic hydroxyl groups is 1. The highest BCUT2D eigenvalue weighted by Gasteiger charge is 2.20. The number of hydrogen-bond acceptors (Lipinski definition) is 4. The van der Waals surface area contributed by atoms with E-state index >= 15 is 0 Å². The third-order valence-electron chi connectivity index (χ3n) is 3.77. The van der Waals surface area contributed by atoms with Crippen molar-refractivity contribution < 1.29 is 41.3 Å². The van der Waals surface area contributed by atoms with Crippen LogP contribution in [0.3, 0.4) is 0 Å². The summed E-state index contributed by atoms with van der Waals surface area (Å²) >= 11 is 0. The zero-order chi connectivity index (χ0) is 21.4. The summed E-state index contributed by atoms with van der Waals surface area (Å²) in [4.78, 5) is 3.23. The van der Waals surface area contributed by atoms with Crippen molar-refractivity contribution in [2.24, 2.45) is 0 Å². The molecule has 0 saturated carbocycles. The van der Waals surface area contributed by atoms with Crippen molar-refractivity contribution in [2.75, 3.05) is 27.4 Å². The maximum atomic E-state index is 9.75. The molecule has 1 aromatic heterocycles. The van der Waals surface area contributed by atoms with E-state index in [0.29, 0.717) is 23.8 Å². The zero-order valence-electron chi connectivity index (χ0n) is 15.8. The number of rotatable bonds is 5. The Bertz CT molecular complexity index is 1010. The van der Waals surface area contributed by atoms with Gasteiger partial charge in [0, 0.05) is 5.56 Å². The summed E-state index contributed by atoms with van der Waals surface area (Å²) in [6, 6.07) is 15.4. The highest BCUT2D eigenvalue weighted by Crippen LogP contribution is 2.32. The molecule has 0 saturated heterocycles.